The van der Waals surface area contributed by atoms with E-state index in [4.69, 9.17) is 11.6 Å². The largest absolute Gasteiger partial charge is 0.354 e. The second-order valence-electron chi connectivity index (χ2n) is 4.54. The lowest BCUT2D eigenvalue weighted by atomic mass is 10.1. The van der Waals surface area contributed by atoms with Crippen molar-refractivity contribution in [1.29, 1.82) is 0 Å². The Kier molecular flexibility index (Phi) is 5.59. The number of aromatic nitrogens is 1. The van der Waals surface area contributed by atoms with Gasteiger partial charge in [-0.15, -0.1) is 0 Å². The van der Waals surface area contributed by atoms with Crippen molar-refractivity contribution in [2.24, 2.45) is 0 Å². The summed E-state index contributed by atoms with van der Waals surface area (Å²) in [5.74, 6) is -0.197. The number of nitrogens with zero attached hydrogens (tertiary/aromatic N) is 1. The van der Waals surface area contributed by atoms with Crippen LogP contribution in [0.5, 0.6) is 0 Å². The fourth-order valence-corrected chi connectivity index (χ4v) is 2.47. The van der Waals surface area contributed by atoms with E-state index in [1.807, 2.05) is 24.3 Å². The Hall–Kier alpha value is -1.59. The van der Waals surface area contributed by atoms with Crippen LogP contribution in [-0.4, -0.2) is 17.0 Å². The molecule has 21 heavy (non-hydrogen) atoms. The molecule has 0 radical (unpaired) electrons. The zero-order valence-corrected chi connectivity index (χ0v) is 13.5. The molecule has 0 spiro atoms. The molecule has 1 aromatic carbocycles. The lowest BCUT2D eigenvalue weighted by molar-refractivity contribution is -0.121. The van der Waals surface area contributed by atoms with Crippen LogP contribution in [0.1, 0.15) is 5.56 Å². The van der Waals surface area contributed by atoms with Crippen LogP contribution in [0.3, 0.4) is 0 Å². The van der Waals surface area contributed by atoms with Gasteiger partial charge in [-0.2, -0.15) is 0 Å². The van der Waals surface area contributed by atoms with Gasteiger partial charge in [-0.3, -0.25) is 9.59 Å². The number of benzene rings is 1. The number of carbonyl (C=O) groups excluding carboxylic acids is 1. The number of rotatable bonds is 5. The monoisotopic (exact) mass is 368 g/mol. The molecule has 2 aromatic rings. The first kappa shape index (κ1) is 15.8. The molecule has 110 valence electrons. The zero-order valence-electron chi connectivity index (χ0n) is 11.2. The highest BCUT2D eigenvalue weighted by molar-refractivity contribution is 9.10. The van der Waals surface area contributed by atoms with E-state index in [1.165, 1.54) is 10.6 Å². The van der Waals surface area contributed by atoms with Crippen molar-refractivity contribution in [3.8, 4) is 0 Å². The van der Waals surface area contributed by atoms with Crippen LogP contribution < -0.4 is 10.9 Å². The molecule has 0 fully saturated rings. The lowest BCUT2D eigenvalue weighted by Crippen LogP contribution is -2.33. The maximum atomic E-state index is 11.8. The summed E-state index contributed by atoms with van der Waals surface area (Å²) in [6, 6.07) is 10.6. The molecule has 1 N–H and O–H groups in total. The number of pyridine rings is 1. The van der Waals surface area contributed by atoms with Crippen molar-refractivity contribution in [3.63, 3.8) is 0 Å². The summed E-state index contributed by atoms with van der Waals surface area (Å²) in [4.78, 5) is 23.4. The molecular weight excluding hydrogens is 356 g/mol. The number of halogens is 2. The number of hydrogen-bond donors (Lipinski definition) is 1. The second kappa shape index (κ2) is 7.43. The number of nitrogens with one attached hydrogen (secondary N) is 1. The van der Waals surface area contributed by atoms with Gasteiger partial charge in [-0.25, -0.2) is 0 Å². The molecule has 1 amide bonds. The summed E-state index contributed by atoms with van der Waals surface area (Å²) in [7, 11) is 0. The van der Waals surface area contributed by atoms with Crippen LogP contribution in [0.2, 0.25) is 5.02 Å². The highest BCUT2D eigenvalue weighted by Crippen LogP contribution is 2.10. The van der Waals surface area contributed by atoms with Crippen LogP contribution in [0, 0.1) is 0 Å². The van der Waals surface area contributed by atoms with Crippen LogP contribution in [-0.2, 0) is 17.8 Å². The molecule has 0 saturated carbocycles. The highest BCUT2D eigenvalue weighted by Gasteiger charge is 2.04. The molecule has 6 heteroatoms. The van der Waals surface area contributed by atoms with Crippen LogP contribution in [0.25, 0.3) is 0 Å². The summed E-state index contributed by atoms with van der Waals surface area (Å²) in [6.07, 6.45) is 2.29. The van der Waals surface area contributed by atoms with Gasteiger partial charge in [0.05, 0.1) is 0 Å². The van der Waals surface area contributed by atoms with Crippen molar-refractivity contribution in [2.45, 2.75) is 13.0 Å². The predicted molar refractivity (Wildman–Crippen MR) is 86.6 cm³/mol. The van der Waals surface area contributed by atoms with Crippen LogP contribution in [0.4, 0.5) is 0 Å². The minimum atomic E-state index is -0.205. The minimum absolute atomic E-state index is 0.00776. The molecule has 0 bridgehead atoms. The first-order chi connectivity index (χ1) is 10.0. The predicted octanol–water partition coefficient (Wildman–Crippen LogP) is 2.62. The average Bonchev–Trinajstić information content (AvgIpc) is 2.43. The minimum Gasteiger partial charge on any atom is -0.354 e. The quantitative estimate of drug-likeness (QED) is 0.881. The van der Waals surface area contributed by atoms with E-state index in [-0.39, 0.29) is 18.0 Å². The Bertz CT molecular complexity index is 700. The standard InChI is InChI=1S/C15H14BrClN2O2/c16-12-4-5-15(21)19(9-12)10-14(20)18-7-6-11-2-1-3-13(17)8-11/h1-5,8-9H,6-7,10H2,(H,18,20). The number of amides is 1. The summed E-state index contributed by atoms with van der Waals surface area (Å²) >= 11 is 9.17. The third-order valence-electron chi connectivity index (χ3n) is 2.89. The topological polar surface area (TPSA) is 51.1 Å². The van der Waals surface area contributed by atoms with Crippen molar-refractivity contribution in [1.82, 2.24) is 9.88 Å². The van der Waals surface area contributed by atoms with Gasteiger partial charge in [0.25, 0.3) is 5.56 Å². The van der Waals surface area contributed by atoms with Gasteiger partial charge in [0.2, 0.25) is 5.91 Å². The summed E-state index contributed by atoms with van der Waals surface area (Å²) in [5.41, 5.74) is 0.852. The highest BCUT2D eigenvalue weighted by atomic mass is 79.9. The third-order valence-corrected chi connectivity index (χ3v) is 3.59. The molecule has 4 nitrogen and oxygen atoms in total. The zero-order chi connectivity index (χ0) is 15.2. The molecular formula is C15H14BrClN2O2. The van der Waals surface area contributed by atoms with E-state index in [9.17, 15) is 9.59 Å². The Balaban J connectivity index is 1.85. The van der Waals surface area contributed by atoms with Gasteiger partial charge in [0.1, 0.15) is 6.54 Å². The first-order valence-electron chi connectivity index (χ1n) is 6.42. The van der Waals surface area contributed by atoms with Gasteiger partial charge in [0.15, 0.2) is 0 Å². The van der Waals surface area contributed by atoms with Crippen molar-refractivity contribution in [2.75, 3.05) is 6.54 Å². The molecule has 1 heterocycles. The van der Waals surface area contributed by atoms with Crippen molar-refractivity contribution in [3.05, 3.63) is 68.0 Å². The van der Waals surface area contributed by atoms with Gasteiger partial charge in [0, 0.05) is 28.3 Å². The maximum Gasteiger partial charge on any atom is 0.251 e. The van der Waals surface area contributed by atoms with Gasteiger partial charge < -0.3 is 9.88 Å². The number of hydrogen-bond acceptors (Lipinski definition) is 2. The normalized spacial score (nSPS) is 10.4. The van der Waals surface area contributed by atoms with E-state index in [0.717, 1.165) is 10.0 Å². The molecule has 1 aromatic heterocycles. The van der Waals surface area contributed by atoms with E-state index in [1.54, 1.807) is 12.3 Å². The van der Waals surface area contributed by atoms with Gasteiger partial charge in [-0.05, 0) is 46.1 Å². The summed E-state index contributed by atoms with van der Waals surface area (Å²) in [6.45, 7) is 0.510. The molecule has 0 aliphatic carbocycles. The second-order valence-corrected chi connectivity index (χ2v) is 5.90. The summed E-state index contributed by atoms with van der Waals surface area (Å²) in [5, 5.41) is 3.47. The van der Waals surface area contributed by atoms with Gasteiger partial charge in [-0.1, -0.05) is 23.7 Å². The van der Waals surface area contributed by atoms with Crippen molar-refractivity contribution >= 4 is 33.4 Å². The van der Waals surface area contributed by atoms with Crippen LogP contribution in [0.15, 0.2) is 51.9 Å². The van der Waals surface area contributed by atoms with E-state index in [2.05, 4.69) is 21.2 Å². The Morgan fingerprint density at radius 2 is 2.10 bits per heavy atom. The Morgan fingerprint density at radius 1 is 1.29 bits per heavy atom. The van der Waals surface area contributed by atoms with E-state index >= 15 is 0 Å². The van der Waals surface area contributed by atoms with E-state index < -0.39 is 0 Å². The van der Waals surface area contributed by atoms with Crippen LogP contribution >= 0.6 is 27.5 Å². The Morgan fingerprint density at radius 3 is 2.86 bits per heavy atom. The third kappa shape index (κ3) is 5.02. The van der Waals surface area contributed by atoms with E-state index in [0.29, 0.717) is 18.0 Å². The molecule has 2 rings (SSSR count). The lowest BCUT2D eigenvalue weighted by Gasteiger charge is -2.08. The fraction of sp³-hybridized carbons (Fsp3) is 0.200. The molecule has 0 aliphatic heterocycles. The molecule has 0 saturated heterocycles. The van der Waals surface area contributed by atoms with Crippen molar-refractivity contribution < 1.29 is 4.79 Å². The number of carbonyl (C=O) groups is 1. The summed E-state index contributed by atoms with van der Waals surface area (Å²) < 4.78 is 2.12. The SMILES string of the molecule is O=C(Cn1cc(Br)ccc1=O)NCCc1cccc(Cl)c1. The smallest absolute Gasteiger partial charge is 0.251 e. The Labute approximate surface area is 135 Å². The average molecular weight is 370 g/mol. The fourth-order valence-electron chi connectivity index (χ4n) is 1.88. The maximum absolute atomic E-state index is 11.8. The molecule has 0 unspecified atom stereocenters. The molecule has 0 aliphatic rings. The first-order valence-corrected chi connectivity index (χ1v) is 7.59. The molecule has 0 atom stereocenters. The van der Waals surface area contributed by atoms with Gasteiger partial charge >= 0.3 is 0 Å².